The summed E-state index contributed by atoms with van der Waals surface area (Å²) in [5.74, 6) is -6.24. The number of aliphatic hydroxyl groups excluding tert-OH is 3. The highest BCUT2D eigenvalue weighted by atomic mass is 16.7. The summed E-state index contributed by atoms with van der Waals surface area (Å²) in [5, 5.41) is 56.3. The van der Waals surface area contributed by atoms with Crippen LogP contribution in [0.5, 0.6) is 0 Å². The molecule has 9 nitrogen and oxygen atoms in total. The molecule has 3 saturated heterocycles. The van der Waals surface area contributed by atoms with Gasteiger partial charge in [0.05, 0.1) is 36.1 Å². The lowest BCUT2D eigenvalue weighted by Crippen LogP contribution is -2.59. The first-order valence-corrected chi connectivity index (χ1v) is 16.9. The Labute approximate surface area is 259 Å². The SMILES string of the molecule is CCC(C(=O)C(C)C(O)C(C)C1OC(C)(O)C(CC)C(O)C1C)C1OC(C)(C2(O)OC(CC)(C(O)CC)CC2C)CC1C. The molecule has 3 aliphatic heterocycles. The molecule has 0 radical (unpaired) electrons. The first kappa shape index (κ1) is 36.8. The molecule has 0 bridgehead atoms. The number of rotatable bonds is 12. The molecule has 0 aromatic carbocycles. The zero-order chi connectivity index (χ0) is 32.9. The number of Topliss-reactive ketones (excluding diaryl/α,β-unsaturated/α-hetero) is 1. The van der Waals surface area contributed by atoms with Gasteiger partial charge in [-0.2, -0.15) is 0 Å². The van der Waals surface area contributed by atoms with Crippen molar-refractivity contribution in [3.63, 3.8) is 0 Å². The molecule has 3 fully saturated rings. The minimum absolute atomic E-state index is 0.0638. The monoisotopic (exact) mass is 614 g/mol. The van der Waals surface area contributed by atoms with Gasteiger partial charge in [0.1, 0.15) is 11.4 Å². The smallest absolute Gasteiger partial charge is 0.198 e. The van der Waals surface area contributed by atoms with E-state index in [-0.39, 0.29) is 23.5 Å². The minimum Gasteiger partial charge on any atom is -0.392 e. The quantitative estimate of drug-likeness (QED) is 0.218. The van der Waals surface area contributed by atoms with E-state index >= 15 is 0 Å². The summed E-state index contributed by atoms with van der Waals surface area (Å²) in [5.41, 5.74) is -1.95. The van der Waals surface area contributed by atoms with Crippen molar-refractivity contribution in [1.29, 1.82) is 0 Å². The van der Waals surface area contributed by atoms with E-state index in [2.05, 4.69) is 0 Å². The largest absolute Gasteiger partial charge is 0.392 e. The van der Waals surface area contributed by atoms with Gasteiger partial charge < -0.3 is 39.7 Å². The fraction of sp³-hybridized carbons (Fsp3) is 0.971. The highest BCUT2D eigenvalue weighted by Crippen LogP contribution is 2.56. The van der Waals surface area contributed by atoms with Crippen molar-refractivity contribution in [3.05, 3.63) is 0 Å². The van der Waals surface area contributed by atoms with Crippen molar-refractivity contribution in [3.8, 4) is 0 Å². The lowest BCUT2D eigenvalue weighted by Gasteiger charge is -2.50. The van der Waals surface area contributed by atoms with Crippen molar-refractivity contribution in [2.45, 2.75) is 168 Å². The predicted octanol–water partition coefficient (Wildman–Crippen LogP) is 4.19. The van der Waals surface area contributed by atoms with Crippen LogP contribution in [0.3, 0.4) is 0 Å². The van der Waals surface area contributed by atoms with Crippen LogP contribution in [-0.2, 0) is 19.0 Å². The maximum Gasteiger partial charge on any atom is 0.198 e. The fourth-order valence-electron chi connectivity index (χ4n) is 8.98. The summed E-state index contributed by atoms with van der Waals surface area (Å²) in [6, 6.07) is 0. The molecule has 252 valence electrons. The summed E-state index contributed by atoms with van der Waals surface area (Å²) < 4.78 is 19.2. The zero-order valence-electron chi connectivity index (χ0n) is 28.5. The van der Waals surface area contributed by atoms with E-state index in [4.69, 9.17) is 14.2 Å². The average Bonchev–Trinajstić information content (AvgIpc) is 3.43. The second-order valence-corrected chi connectivity index (χ2v) is 14.8. The molecule has 0 aromatic rings. The van der Waals surface area contributed by atoms with E-state index in [1.807, 2.05) is 55.4 Å². The summed E-state index contributed by atoms with van der Waals surface area (Å²) in [7, 11) is 0. The highest BCUT2D eigenvalue weighted by molar-refractivity contribution is 5.84. The summed E-state index contributed by atoms with van der Waals surface area (Å²) in [4.78, 5) is 14.1. The van der Waals surface area contributed by atoms with Crippen molar-refractivity contribution in [2.75, 3.05) is 0 Å². The number of ketones is 1. The Morgan fingerprint density at radius 1 is 0.930 bits per heavy atom. The van der Waals surface area contributed by atoms with Crippen molar-refractivity contribution < 1.29 is 44.5 Å². The number of aliphatic hydroxyl groups is 5. The molecule has 3 aliphatic rings. The first-order valence-electron chi connectivity index (χ1n) is 16.9. The van der Waals surface area contributed by atoms with Crippen LogP contribution in [0.4, 0.5) is 0 Å². The lowest BCUT2D eigenvalue weighted by molar-refractivity contribution is -0.332. The van der Waals surface area contributed by atoms with Crippen LogP contribution in [0.1, 0.15) is 115 Å². The predicted molar refractivity (Wildman–Crippen MR) is 164 cm³/mol. The third kappa shape index (κ3) is 6.23. The van der Waals surface area contributed by atoms with E-state index in [0.717, 1.165) is 0 Å². The van der Waals surface area contributed by atoms with E-state index < -0.39 is 77.0 Å². The second kappa shape index (κ2) is 13.2. The van der Waals surface area contributed by atoms with Gasteiger partial charge in [-0.3, -0.25) is 4.79 Å². The van der Waals surface area contributed by atoms with Crippen LogP contribution in [0, 0.1) is 41.4 Å². The van der Waals surface area contributed by atoms with Gasteiger partial charge in [0.25, 0.3) is 0 Å². The molecule has 0 amide bonds. The van der Waals surface area contributed by atoms with Crippen LogP contribution in [0.25, 0.3) is 0 Å². The maximum atomic E-state index is 14.1. The van der Waals surface area contributed by atoms with Gasteiger partial charge in [-0.15, -0.1) is 0 Å². The van der Waals surface area contributed by atoms with Crippen LogP contribution in [0.15, 0.2) is 0 Å². The number of hydrogen-bond donors (Lipinski definition) is 5. The van der Waals surface area contributed by atoms with Gasteiger partial charge in [0, 0.05) is 35.5 Å². The number of carbonyl (C=O) groups excluding carboxylic acids is 1. The summed E-state index contributed by atoms with van der Waals surface area (Å²) >= 11 is 0. The Morgan fingerprint density at radius 3 is 2.05 bits per heavy atom. The molecule has 9 heteroatoms. The summed E-state index contributed by atoms with van der Waals surface area (Å²) in [6.07, 6.45) is -0.608. The lowest BCUT2D eigenvalue weighted by atomic mass is 9.72. The van der Waals surface area contributed by atoms with Crippen LogP contribution < -0.4 is 0 Å². The Bertz CT molecular complexity index is 958. The van der Waals surface area contributed by atoms with Crippen molar-refractivity contribution >= 4 is 5.78 Å². The number of ether oxygens (including phenoxy) is 3. The molecule has 3 rings (SSSR count). The Morgan fingerprint density at radius 2 is 1.53 bits per heavy atom. The van der Waals surface area contributed by atoms with E-state index in [1.165, 1.54) is 0 Å². The third-order valence-electron chi connectivity index (χ3n) is 11.9. The molecule has 0 spiro atoms. The van der Waals surface area contributed by atoms with E-state index in [1.54, 1.807) is 20.8 Å². The fourth-order valence-corrected chi connectivity index (χ4v) is 8.98. The molecular formula is C34H62O9. The van der Waals surface area contributed by atoms with Crippen LogP contribution >= 0.6 is 0 Å². The molecule has 5 N–H and O–H groups in total. The third-order valence-corrected chi connectivity index (χ3v) is 11.9. The van der Waals surface area contributed by atoms with Gasteiger partial charge in [-0.05, 0) is 58.3 Å². The van der Waals surface area contributed by atoms with Gasteiger partial charge >= 0.3 is 0 Å². The number of carbonyl (C=O) groups is 1. The van der Waals surface area contributed by atoms with E-state index in [0.29, 0.717) is 38.5 Å². The molecule has 16 atom stereocenters. The molecule has 3 heterocycles. The molecule has 16 unspecified atom stereocenters. The van der Waals surface area contributed by atoms with Crippen LogP contribution in [-0.4, -0.2) is 84.6 Å². The Kier molecular flexibility index (Phi) is 11.3. The molecule has 0 aliphatic carbocycles. The normalized spacial score (nSPS) is 47.2. The van der Waals surface area contributed by atoms with Crippen molar-refractivity contribution in [1.82, 2.24) is 0 Å². The zero-order valence-corrected chi connectivity index (χ0v) is 28.5. The van der Waals surface area contributed by atoms with Gasteiger partial charge in [0.15, 0.2) is 11.6 Å². The minimum atomic E-state index is -1.63. The first-order chi connectivity index (χ1) is 19.8. The molecular weight excluding hydrogens is 552 g/mol. The van der Waals surface area contributed by atoms with E-state index in [9.17, 15) is 30.3 Å². The van der Waals surface area contributed by atoms with Gasteiger partial charge in [-0.1, -0.05) is 62.3 Å². The highest BCUT2D eigenvalue weighted by Gasteiger charge is 2.67. The molecule has 0 saturated carbocycles. The van der Waals surface area contributed by atoms with Crippen LogP contribution in [0.2, 0.25) is 0 Å². The molecule has 43 heavy (non-hydrogen) atoms. The van der Waals surface area contributed by atoms with Crippen molar-refractivity contribution in [2.24, 2.45) is 41.4 Å². The number of hydrogen-bond acceptors (Lipinski definition) is 9. The topological polar surface area (TPSA) is 146 Å². The second-order valence-electron chi connectivity index (χ2n) is 14.8. The van der Waals surface area contributed by atoms with Gasteiger partial charge in [0.2, 0.25) is 0 Å². The molecule has 0 aromatic heterocycles. The standard InChI is InChI=1S/C34H62O9/c1-12-23(27(37)20(7)26(36)21(8)30-22(9)28(38)24(13-2)32(11,39)42-30)29-18(5)16-31(10,41-29)34(40)19(6)17-33(15-4,43-34)25(35)14-3/h18-26,28-30,35-36,38-40H,12-17H2,1-11H3. The summed E-state index contributed by atoms with van der Waals surface area (Å²) in [6.45, 7) is 20.4. The maximum absolute atomic E-state index is 14.1. The Hall–Kier alpha value is -0.650. The Balaban J connectivity index is 1.79. The van der Waals surface area contributed by atoms with Gasteiger partial charge in [-0.25, -0.2) is 0 Å². The average molecular weight is 615 g/mol.